The van der Waals surface area contributed by atoms with Crippen LogP contribution in [0, 0.1) is 0 Å². The number of carbonyl (C=O) groups is 3. The molecule has 0 fully saturated rings. The van der Waals surface area contributed by atoms with Gasteiger partial charge >= 0.3 is 17.9 Å². The maximum atomic E-state index is 12.8. The van der Waals surface area contributed by atoms with Crippen LogP contribution in [0.1, 0.15) is 290 Å². The van der Waals surface area contributed by atoms with Crippen LogP contribution in [-0.2, 0) is 28.6 Å². The highest BCUT2D eigenvalue weighted by Gasteiger charge is 2.19. The van der Waals surface area contributed by atoms with Crippen LogP contribution in [0.2, 0.25) is 0 Å². The van der Waals surface area contributed by atoms with Crippen molar-refractivity contribution in [1.82, 2.24) is 0 Å². The summed E-state index contributed by atoms with van der Waals surface area (Å²) in [5.41, 5.74) is 0. The number of unbranched alkanes of at least 4 members (excludes halogenated alkanes) is 35. The first-order chi connectivity index (χ1) is 31.0. The Balaban J connectivity index is 4.29. The van der Waals surface area contributed by atoms with Crippen molar-refractivity contribution in [2.24, 2.45) is 0 Å². The Hall–Kier alpha value is -2.37. The normalized spacial score (nSPS) is 12.2. The predicted octanol–water partition coefficient (Wildman–Crippen LogP) is 18.1. The second-order valence-electron chi connectivity index (χ2n) is 18.5. The Morgan fingerprint density at radius 3 is 0.952 bits per heavy atom. The molecule has 0 saturated carbocycles. The number of ether oxygens (including phenoxy) is 3. The molecule has 6 nitrogen and oxygen atoms in total. The van der Waals surface area contributed by atoms with Gasteiger partial charge in [-0.05, 0) is 38.5 Å². The highest BCUT2D eigenvalue weighted by atomic mass is 16.6. The third-order valence-electron chi connectivity index (χ3n) is 12.2. The Kier molecular flexibility index (Phi) is 50.3. The SMILES string of the molecule is CC\C=C/C=C\C=C/CCCCCCCCCC(=O)OC(COC(=O)CCCCCCCCCCCCC)COC(=O)CCCCCCCCCCCCCCCCCCCCC. The van der Waals surface area contributed by atoms with E-state index in [9.17, 15) is 14.4 Å². The van der Waals surface area contributed by atoms with E-state index < -0.39 is 6.10 Å². The summed E-state index contributed by atoms with van der Waals surface area (Å²) in [6.45, 7) is 6.53. The average Bonchev–Trinajstić information content (AvgIpc) is 3.28. The smallest absolute Gasteiger partial charge is 0.306 e. The van der Waals surface area contributed by atoms with Crippen molar-refractivity contribution in [2.75, 3.05) is 13.2 Å². The molecule has 1 unspecified atom stereocenters. The zero-order chi connectivity index (χ0) is 45.8. The molecule has 0 aromatic rings. The van der Waals surface area contributed by atoms with Crippen LogP contribution in [0.25, 0.3) is 0 Å². The quantitative estimate of drug-likeness (QED) is 0.0262. The van der Waals surface area contributed by atoms with Gasteiger partial charge in [-0.1, -0.05) is 269 Å². The monoisotopic (exact) mass is 885 g/mol. The Bertz CT molecular complexity index is 1060. The summed E-state index contributed by atoms with van der Waals surface area (Å²) in [4.78, 5) is 38.0. The van der Waals surface area contributed by atoms with Gasteiger partial charge in [-0.15, -0.1) is 0 Å². The van der Waals surface area contributed by atoms with E-state index in [0.29, 0.717) is 19.3 Å². The van der Waals surface area contributed by atoms with Crippen molar-refractivity contribution in [3.63, 3.8) is 0 Å². The van der Waals surface area contributed by atoms with Crippen molar-refractivity contribution < 1.29 is 28.6 Å². The van der Waals surface area contributed by atoms with Gasteiger partial charge in [0.15, 0.2) is 6.10 Å². The largest absolute Gasteiger partial charge is 0.462 e. The average molecular weight is 885 g/mol. The summed E-state index contributed by atoms with van der Waals surface area (Å²) in [5.74, 6) is -0.870. The fourth-order valence-electron chi connectivity index (χ4n) is 8.09. The van der Waals surface area contributed by atoms with Crippen LogP contribution in [0.3, 0.4) is 0 Å². The number of allylic oxidation sites excluding steroid dienone is 6. The number of rotatable bonds is 50. The minimum atomic E-state index is -0.773. The molecule has 0 amide bonds. The second-order valence-corrected chi connectivity index (χ2v) is 18.5. The standard InChI is InChI=1S/C57H104O6/c1-4-7-10-13-16-19-22-24-26-27-28-29-31-32-35-38-41-44-47-50-56(59)62-53-54(52-61-55(58)49-46-43-40-37-34-21-18-15-12-9-6-3)63-57(60)51-48-45-42-39-36-33-30-25-23-20-17-14-11-8-5-2/h8,11,14,17,20,23,54H,4-7,9-10,12-13,15-16,18-19,21-22,24-53H2,1-3H3/b11-8-,17-14-,23-20-. The van der Waals surface area contributed by atoms with E-state index in [1.165, 1.54) is 180 Å². The van der Waals surface area contributed by atoms with E-state index in [1.54, 1.807) is 0 Å². The Morgan fingerprint density at radius 2 is 0.619 bits per heavy atom. The van der Waals surface area contributed by atoms with Gasteiger partial charge in [0.1, 0.15) is 13.2 Å². The minimum Gasteiger partial charge on any atom is -0.462 e. The lowest BCUT2D eigenvalue weighted by atomic mass is 10.0. The molecule has 0 radical (unpaired) electrons. The van der Waals surface area contributed by atoms with E-state index >= 15 is 0 Å². The summed E-state index contributed by atoms with van der Waals surface area (Å²) >= 11 is 0. The number of esters is 3. The zero-order valence-electron chi connectivity index (χ0n) is 42.1. The maximum Gasteiger partial charge on any atom is 0.306 e. The van der Waals surface area contributed by atoms with Gasteiger partial charge in [-0.25, -0.2) is 0 Å². The predicted molar refractivity (Wildman–Crippen MR) is 270 cm³/mol. The third kappa shape index (κ3) is 50.5. The van der Waals surface area contributed by atoms with Crippen molar-refractivity contribution >= 4 is 17.9 Å². The molecule has 0 N–H and O–H groups in total. The van der Waals surface area contributed by atoms with Crippen molar-refractivity contribution in [3.8, 4) is 0 Å². The van der Waals surface area contributed by atoms with E-state index in [4.69, 9.17) is 14.2 Å². The van der Waals surface area contributed by atoms with Crippen LogP contribution < -0.4 is 0 Å². The topological polar surface area (TPSA) is 78.9 Å². The molecular formula is C57H104O6. The van der Waals surface area contributed by atoms with Gasteiger partial charge < -0.3 is 14.2 Å². The summed E-state index contributed by atoms with van der Waals surface area (Å²) in [5, 5.41) is 0. The van der Waals surface area contributed by atoms with Crippen molar-refractivity contribution in [3.05, 3.63) is 36.5 Å². The molecule has 0 aromatic heterocycles. The summed E-state index contributed by atoms with van der Waals surface area (Å²) in [6, 6.07) is 0. The summed E-state index contributed by atoms with van der Waals surface area (Å²) < 4.78 is 16.8. The van der Waals surface area contributed by atoms with E-state index in [-0.39, 0.29) is 31.1 Å². The Labute approximate surface area is 391 Å². The highest BCUT2D eigenvalue weighted by Crippen LogP contribution is 2.17. The molecule has 0 aliphatic heterocycles. The van der Waals surface area contributed by atoms with E-state index in [0.717, 1.165) is 70.6 Å². The van der Waals surface area contributed by atoms with Crippen molar-refractivity contribution in [1.29, 1.82) is 0 Å². The zero-order valence-corrected chi connectivity index (χ0v) is 42.1. The third-order valence-corrected chi connectivity index (χ3v) is 12.2. The molecule has 0 saturated heterocycles. The number of hydrogen-bond acceptors (Lipinski definition) is 6. The molecule has 1 atom stereocenters. The molecular weight excluding hydrogens is 781 g/mol. The van der Waals surface area contributed by atoms with Gasteiger partial charge in [-0.2, -0.15) is 0 Å². The lowest BCUT2D eigenvalue weighted by Gasteiger charge is -2.18. The van der Waals surface area contributed by atoms with Gasteiger partial charge in [0.2, 0.25) is 0 Å². The fourth-order valence-corrected chi connectivity index (χ4v) is 8.09. The molecule has 368 valence electrons. The van der Waals surface area contributed by atoms with Gasteiger partial charge in [0, 0.05) is 19.3 Å². The van der Waals surface area contributed by atoms with E-state index in [2.05, 4.69) is 57.2 Å². The van der Waals surface area contributed by atoms with Crippen LogP contribution in [0.15, 0.2) is 36.5 Å². The Morgan fingerprint density at radius 1 is 0.333 bits per heavy atom. The minimum absolute atomic E-state index is 0.0726. The lowest BCUT2D eigenvalue weighted by molar-refractivity contribution is -0.167. The first-order valence-corrected chi connectivity index (χ1v) is 27.5. The van der Waals surface area contributed by atoms with Gasteiger partial charge in [-0.3, -0.25) is 14.4 Å². The molecule has 0 aliphatic rings. The molecule has 0 spiro atoms. The molecule has 6 heteroatoms. The molecule has 63 heavy (non-hydrogen) atoms. The molecule has 0 heterocycles. The van der Waals surface area contributed by atoms with Crippen molar-refractivity contribution in [2.45, 2.75) is 297 Å². The molecule has 0 aliphatic carbocycles. The van der Waals surface area contributed by atoms with Gasteiger partial charge in [0.05, 0.1) is 0 Å². The van der Waals surface area contributed by atoms with Crippen LogP contribution in [0.5, 0.6) is 0 Å². The van der Waals surface area contributed by atoms with Crippen LogP contribution in [0.4, 0.5) is 0 Å². The van der Waals surface area contributed by atoms with E-state index in [1.807, 2.05) is 0 Å². The summed E-state index contributed by atoms with van der Waals surface area (Å²) in [6.07, 6.45) is 61.3. The maximum absolute atomic E-state index is 12.8. The molecule has 0 bridgehead atoms. The fraction of sp³-hybridized carbons (Fsp3) is 0.842. The van der Waals surface area contributed by atoms with Crippen LogP contribution >= 0.6 is 0 Å². The second kappa shape index (κ2) is 52.3. The first-order valence-electron chi connectivity index (χ1n) is 27.5. The van der Waals surface area contributed by atoms with Gasteiger partial charge in [0.25, 0.3) is 0 Å². The molecule has 0 aromatic carbocycles. The van der Waals surface area contributed by atoms with Crippen LogP contribution in [-0.4, -0.2) is 37.2 Å². The molecule has 0 rings (SSSR count). The first kappa shape index (κ1) is 60.6. The summed E-state index contributed by atoms with van der Waals surface area (Å²) in [7, 11) is 0. The number of hydrogen-bond donors (Lipinski definition) is 0. The number of carbonyl (C=O) groups excluding carboxylic acids is 3. The lowest BCUT2D eigenvalue weighted by Crippen LogP contribution is -2.30. The highest BCUT2D eigenvalue weighted by molar-refractivity contribution is 5.71.